The molecular weight excluding hydrogens is 439 g/mol. The molecule has 4 atom stereocenters. The molecule has 35 heavy (non-hydrogen) atoms. The zero-order valence-electron chi connectivity index (χ0n) is 20.2. The Morgan fingerprint density at radius 3 is 2.54 bits per heavy atom. The number of allylic oxidation sites excluding steroid dienone is 2. The Kier molecular flexibility index (Phi) is 6.52. The van der Waals surface area contributed by atoms with Gasteiger partial charge in [-0.25, -0.2) is 0 Å². The van der Waals surface area contributed by atoms with E-state index < -0.39 is 13.0 Å². The lowest BCUT2D eigenvalue weighted by Crippen LogP contribution is -2.50. The van der Waals surface area contributed by atoms with Gasteiger partial charge >= 0.3 is 7.12 Å². The van der Waals surface area contributed by atoms with Gasteiger partial charge in [-0.1, -0.05) is 60.5 Å². The zero-order valence-corrected chi connectivity index (χ0v) is 20.2. The van der Waals surface area contributed by atoms with E-state index in [9.17, 15) is 19.7 Å². The molecule has 0 saturated carbocycles. The number of phenolic OH excluding ortho intramolecular Hbond substituents is 1. The SMILES string of the molecule is CC/C(=C\c1cccc(O)c1)CC[C@H]1OB(O)C[C@H]2C1=C(C)C[C@H]1C(=O)c3ccccc3C(=O)[C@H]12. The van der Waals surface area contributed by atoms with Crippen LogP contribution in [0.15, 0.2) is 65.3 Å². The first-order chi connectivity index (χ1) is 16.9. The molecule has 0 aromatic heterocycles. The van der Waals surface area contributed by atoms with Crippen LogP contribution < -0.4 is 0 Å². The summed E-state index contributed by atoms with van der Waals surface area (Å²) in [4.78, 5) is 26.9. The molecule has 0 radical (unpaired) electrons. The third-order valence-corrected chi connectivity index (χ3v) is 7.93. The molecule has 0 unspecified atom stereocenters. The maximum atomic E-state index is 13.6. The van der Waals surface area contributed by atoms with Crippen molar-refractivity contribution in [2.24, 2.45) is 17.8 Å². The van der Waals surface area contributed by atoms with Gasteiger partial charge in [-0.05, 0) is 68.1 Å². The Labute approximate surface area is 206 Å². The van der Waals surface area contributed by atoms with Gasteiger partial charge in [0.1, 0.15) is 5.75 Å². The fourth-order valence-electron chi connectivity index (χ4n) is 6.34. The standard InChI is InChI=1S/C29H31BO5/c1-3-18(14-19-7-6-8-20(31)15-19)11-12-25-26-17(2)13-23-27(24(26)16-30(34)35-25)29(33)22-10-5-4-9-21(22)28(23)32/h4-10,14-15,23-25,27,31,34H,3,11-13,16H2,1-2H3/b18-14+/t23-,24+,25-,27-/m1/s1. The van der Waals surface area contributed by atoms with E-state index in [1.165, 1.54) is 5.57 Å². The molecule has 0 amide bonds. The fraction of sp³-hybridized carbons (Fsp3) is 0.379. The Bertz CT molecular complexity index is 1230. The number of ketones is 2. The average Bonchev–Trinajstić information content (AvgIpc) is 2.84. The van der Waals surface area contributed by atoms with Crippen molar-refractivity contribution in [1.82, 2.24) is 0 Å². The minimum atomic E-state index is -0.958. The van der Waals surface area contributed by atoms with Crippen LogP contribution in [0.5, 0.6) is 5.75 Å². The van der Waals surface area contributed by atoms with E-state index in [1.807, 2.05) is 31.2 Å². The second-order valence-corrected chi connectivity index (χ2v) is 10.1. The van der Waals surface area contributed by atoms with Crippen LogP contribution in [0, 0.1) is 17.8 Å². The molecule has 3 aliphatic rings. The number of hydrogen-bond acceptors (Lipinski definition) is 5. The van der Waals surface area contributed by atoms with E-state index in [1.54, 1.807) is 24.3 Å². The summed E-state index contributed by atoms with van der Waals surface area (Å²) in [7, 11) is -0.958. The Morgan fingerprint density at radius 2 is 1.83 bits per heavy atom. The fourth-order valence-corrected chi connectivity index (χ4v) is 6.34. The smallest absolute Gasteiger partial charge is 0.455 e. The molecule has 6 heteroatoms. The Morgan fingerprint density at radius 1 is 1.09 bits per heavy atom. The maximum Gasteiger partial charge on any atom is 0.455 e. The Balaban J connectivity index is 1.42. The molecule has 0 bridgehead atoms. The number of carbonyl (C=O) groups is 2. The first kappa shape index (κ1) is 23.8. The third kappa shape index (κ3) is 4.41. The van der Waals surface area contributed by atoms with E-state index in [2.05, 4.69) is 13.0 Å². The van der Waals surface area contributed by atoms with Crippen molar-refractivity contribution in [1.29, 1.82) is 0 Å². The molecule has 1 heterocycles. The topological polar surface area (TPSA) is 83.8 Å². The van der Waals surface area contributed by atoms with Crippen molar-refractivity contribution >= 4 is 24.8 Å². The van der Waals surface area contributed by atoms with Gasteiger partial charge < -0.3 is 14.8 Å². The minimum absolute atomic E-state index is 0.0195. The Hall–Kier alpha value is -2.96. The highest BCUT2D eigenvalue weighted by atomic mass is 16.5. The lowest BCUT2D eigenvalue weighted by Gasteiger charge is -2.47. The predicted molar refractivity (Wildman–Crippen MR) is 136 cm³/mol. The van der Waals surface area contributed by atoms with E-state index in [-0.39, 0.29) is 35.3 Å². The molecule has 1 fully saturated rings. The van der Waals surface area contributed by atoms with Crippen molar-refractivity contribution in [2.45, 2.75) is 52.0 Å². The van der Waals surface area contributed by atoms with Gasteiger partial charge in [0.25, 0.3) is 0 Å². The number of carbonyl (C=O) groups excluding carboxylic acids is 2. The van der Waals surface area contributed by atoms with Gasteiger partial charge in [-0.2, -0.15) is 0 Å². The molecule has 2 aromatic carbocycles. The molecular formula is C29H31BO5. The number of Topliss-reactive ketones (excluding diaryl/α,β-unsaturated/α-hetero) is 2. The number of fused-ring (bicyclic) bond motifs is 4. The van der Waals surface area contributed by atoms with Crippen molar-refractivity contribution in [3.8, 4) is 5.75 Å². The van der Waals surface area contributed by atoms with Crippen LogP contribution in [-0.4, -0.2) is 34.9 Å². The summed E-state index contributed by atoms with van der Waals surface area (Å²) in [6.07, 6.45) is 5.03. The van der Waals surface area contributed by atoms with E-state index in [4.69, 9.17) is 4.65 Å². The molecule has 5 nitrogen and oxygen atoms in total. The molecule has 2 aliphatic carbocycles. The zero-order chi connectivity index (χ0) is 24.7. The molecule has 0 spiro atoms. The second kappa shape index (κ2) is 9.59. The largest absolute Gasteiger partial charge is 0.508 e. The van der Waals surface area contributed by atoms with Crippen LogP contribution in [-0.2, 0) is 4.65 Å². The van der Waals surface area contributed by atoms with Gasteiger partial charge in [0.15, 0.2) is 11.6 Å². The molecule has 2 N–H and O–H groups in total. The molecule has 1 saturated heterocycles. The van der Waals surface area contributed by atoms with Gasteiger partial charge in [0.2, 0.25) is 0 Å². The summed E-state index contributed by atoms with van der Waals surface area (Å²) >= 11 is 0. The summed E-state index contributed by atoms with van der Waals surface area (Å²) in [5.74, 6) is -0.692. The quantitative estimate of drug-likeness (QED) is 0.446. The molecule has 180 valence electrons. The van der Waals surface area contributed by atoms with Crippen LogP contribution in [0.4, 0.5) is 0 Å². The number of benzene rings is 2. The van der Waals surface area contributed by atoms with Gasteiger partial charge in [-0.15, -0.1) is 0 Å². The highest BCUT2D eigenvalue weighted by Gasteiger charge is 2.52. The van der Waals surface area contributed by atoms with Crippen LogP contribution in [0.1, 0.15) is 65.8 Å². The number of aromatic hydroxyl groups is 1. The average molecular weight is 470 g/mol. The molecule has 2 aromatic rings. The monoisotopic (exact) mass is 470 g/mol. The number of hydrogen-bond donors (Lipinski definition) is 2. The summed E-state index contributed by atoms with van der Waals surface area (Å²) in [5, 5.41) is 20.4. The number of rotatable bonds is 5. The van der Waals surface area contributed by atoms with E-state index in [0.717, 1.165) is 29.6 Å². The first-order valence-corrected chi connectivity index (χ1v) is 12.6. The van der Waals surface area contributed by atoms with Gasteiger partial charge in [0.05, 0.1) is 6.10 Å². The molecule has 1 aliphatic heterocycles. The highest BCUT2D eigenvalue weighted by molar-refractivity contribution is 6.43. The lowest BCUT2D eigenvalue weighted by atomic mass is 9.54. The van der Waals surface area contributed by atoms with Crippen molar-refractivity contribution in [2.75, 3.05) is 0 Å². The highest BCUT2D eigenvalue weighted by Crippen LogP contribution is 2.50. The van der Waals surface area contributed by atoms with Crippen molar-refractivity contribution in [3.05, 3.63) is 81.9 Å². The van der Waals surface area contributed by atoms with Crippen LogP contribution in [0.25, 0.3) is 6.08 Å². The summed E-state index contributed by atoms with van der Waals surface area (Å²) in [6, 6.07) is 14.3. The van der Waals surface area contributed by atoms with Crippen molar-refractivity contribution < 1.29 is 24.4 Å². The number of phenols is 1. The lowest BCUT2D eigenvalue weighted by molar-refractivity contribution is 0.0601. The maximum absolute atomic E-state index is 13.6. The minimum Gasteiger partial charge on any atom is -0.508 e. The first-order valence-electron chi connectivity index (χ1n) is 12.6. The normalized spacial score (nSPS) is 26.4. The van der Waals surface area contributed by atoms with E-state index in [0.29, 0.717) is 30.3 Å². The summed E-state index contributed by atoms with van der Waals surface area (Å²) in [6.45, 7) is 4.15. The van der Waals surface area contributed by atoms with Gasteiger partial charge in [0, 0.05) is 23.0 Å². The molecule has 5 rings (SSSR count). The van der Waals surface area contributed by atoms with Crippen LogP contribution in [0.2, 0.25) is 6.32 Å². The summed E-state index contributed by atoms with van der Waals surface area (Å²) < 4.78 is 6.04. The van der Waals surface area contributed by atoms with Crippen LogP contribution >= 0.6 is 0 Å². The van der Waals surface area contributed by atoms with Crippen LogP contribution in [0.3, 0.4) is 0 Å². The van der Waals surface area contributed by atoms with Gasteiger partial charge in [-0.3, -0.25) is 9.59 Å². The summed E-state index contributed by atoms with van der Waals surface area (Å²) in [5.41, 5.74) is 5.43. The van der Waals surface area contributed by atoms with Crippen molar-refractivity contribution in [3.63, 3.8) is 0 Å². The second-order valence-electron chi connectivity index (χ2n) is 10.1. The van der Waals surface area contributed by atoms with E-state index >= 15 is 0 Å². The predicted octanol–water partition coefficient (Wildman–Crippen LogP) is 5.49. The third-order valence-electron chi connectivity index (χ3n) is 7.93.